The highest BCUT2D eigenvalue weighted by molar-refractivity contribution is 7.99. The summed E-state index contributed by atoms with van der Waals surface area (Å²) in [7, 11) is 0. The van der Waals surface area contributed by atoms with E-state index in [1.807, 2.05) is 0 Å². The zero-order chi connectivity index (χ0) is 27.3. The van der Waals surface area contributed by atoms with E-state index in [0.717, 1.165) is 22.7 Å². The van der Waals surface area contributed by atoms with Gasteiger partial charge in [0.1, 0.15) is 17.0 Å². The molecule has 1 saturated heterocycles. The van der Waals surface area contributed by atoms with Crippen molar-refractivity contribution in [1.29, 1.82) is 0 Å². The molecule has 0 bridgehead atoms. The zero-order valence-corrected chi connectivity index (χ0v) is 21.2. The average molecular weight is 536 g/mol. The standard InChI is InChI=1S/C25H27F2N3O6S/c1-25(2,3)36-23(34)18-13-37-22(16-8-5-9-17(26)21(16)27)30(18)19(31)12-28-24(35)29-15-7-4-6-14(10-15)11-20(32)33/h4-10,18,22H,11-13H2,1-3H3,(H,32,33)(H2,28,29,35)/t18-,22+/m0/s1. The van der Waals surface area contributed by atoms with Gasteiger partial charge >= 0.3 is 18.0 Å². The van der Waals surface area contributed by atoms with Crippen molar-refractivity contribution >= 4 is 41.3 Å². The first-order chi connectivity index (χ1) is 17.4. The highest BCUT2D eigenvalue weighted by atomic mass is 32.2. The molecule has 9 nitrogen and oxygen atoms in total. The van der Waals surface area contributed by atoms with Crippen molar-refractivity contribution in [3.63, 3.8) is 0 Å². The minimum Gasteiger partial charge on any atom is -0.481 e. The summed E-state index contributed by atoms with van der Waals surface area (Å²) in [5.41, 5.74) is -0.169. The van der Waals surface area contributed by atoms with Crippen molar-refractivity contribution in [2.45, 2.75) is 44.2 Å². The maximum Gasteiger partial charge on any atom is 0.330 e. The number of anilines is 1. The predicted molar refractivity (Wildman–Crippen MR) is 133 cm³/mol. The predicted octanol–water partition coefficient (Wildman–Crippen LogP) is 3.70. The molecular formula is C25H27F2N3O6S. The third-order valence-corrected chi connectivity index (χ3v) is 6.46. The molecule has 3 rings (SSSR count). The normalized spacial score (nSPS) is 17.3. The topological polar surface area (TPSA) is 125 Å². The molecule has 0 saturated carbocycles. The van der Waals surface area contributed by atoms with Crippen LogP contribution in [0.2, 0.25) is 0 Å². The Balaban J connectivity index is 1.75. The molecule has 12 heteroatoms. The fraction of sp³-hybridized carbons (Fsp3) is 0.360. The highest BCUT2D eigenvalue weighted by Crippen LogP contribution is 2.43. The Morgan fingerprint density at radius 3 is 2.51 bits per heavy atom. The van der Waals surface area contributed by atoms with Gasteiger partial charge in [0.05, 0.1) is 13.0 Å². The fourth-order valence-electron chi connectivity index (χ4n) is 3.67. The first kappa shape index (κ1) is 27.9. The second-order valence-electron chi connectivity index (χ2n) is 9.26. The Bertz CT molecular complexity index is 1200. The summed E-state index contributed by atoms with van der Waals surface area (Å²) in [6, 6.07) is 7.95. The number of esters is 1. The lowest BCUT2D eigenvalue weighted by Gasteiger charge is -2.30. The van der Waals surface area contributed by atoms with Crippen LogP contribution in [0.1, 0.15) is 37.3 Å². The quantitative estimate of drug-likeness (QED) is 0.462. The fourth-order valence-corrected chi connectivity index (χ4v) is 5.12. The number of carboxylic acid groups (broad SMARTS) is 1. The van der Waals surface area contributed by atoms with Crippen molar-refractivity contribution in [1.82, 2.24) is 10.2 Å². The number of carbonyl (C=O) groups excluding carboxylic acids is 3. The number of carboxylic acids is 1. The monoisotopic (exact) mass is 535 g/mol. The number of rotatable bonds is 7. The number of hydrogen-bond donors (Lipinski definition) is 3. The smallest absolute Gasteiger partial charge is 0.330 e. The molecule has 37 heavy (non-hydrogen) atoms. The van der Waals surface area contributed by atoms with Crippen molar-refractivity contribution in [3.05, 3.63) is 65.2 Å². The lowest BCUT2D eigenvalue weighted by Crippen LogP contribution is -2.49. The maximum atomic E-state index is 14.6. The number of benzene rings is 2. The number of halogens is 2. The summed E-state index contributed by atoms with van der Waals surface area (Å²) in [6.45, 7) is 4.45. The molecule has 2 aromatic carbocycles. The Hall–Kier alpha value is -3.67. The zero-order valence-electron chi connectivity index (χ0n) is 20.4. The van der Waals surface area contributed by atoms with Crippen molar-refractivity contribution in [2.24, 2.45) is 0 Å². The van der Waals surface area contributed by atoms with E-state index in [9.17, 15) is 28.0 Å². The van der Waals surface area contributed by atoms with Gasteiger partial charge in [-0.25, -0.2) is 18.4 Å². The van der Waals surface area contributed by atoms with Gasteiger partial charge in [0.2, 0.25) is 5.91 Å². The third-order valence-electron chi connectivity index (χ3n) is 5.16. The lowest BCUT2D eigenvalue weighted by atomic mass is 10.1. The summed E-state index contributed by atoms with van der Waals surface area (Å²) >= 11 is 1.08. The van der Waals surface area contributed by atoms with E-state index in [0.29, 0.717) is 11.3 Å². The summed E-state index contributed by atoms with van der Waals surface area (Å²) in [6.07, 6.45) is -0.230. The van der Waals surface area contributed by atoms with Gasteiger partial charge in [-0.15, -0.1) is 11.8 Å². The molecule has 0 radical (unpaired) electrons. The molecule has 198 valence electrons. The van der Waals surface area contributed by atoms with Crippen LogP contribution in [0.25, 0.3) is 0 Å². The van der Waals surface area contributed by atoms with Crippen LogP contribution in [0.3, 0.4) is 0 Å². The van der Waals surface area contributed by atoms with Gasteiger partial charge in [0.25, 0.3) is 0 Å². The molecule has 0 aromatic heterocycles. The number of aliphatic carboxylic acids is 1. The molecule has 3 amide bonds. The van der Waals surface area contributed by atoms with Crippen LogP contribution < -0.4 is 10.6 Å². The van der Waals surface area contributed by atoms with E-state index in [4.69, 9.17) is 9.84 Å². The third kappa shape index (κ3) is 7.42. The van der Waals surface area contributed by atoms with Crippen LogP contribution in [-0.4, -0.2) is 57.8 Å². The second-order valence-corrected chi connectivity index (χ2v) is 10.4. The molecule has 1 heterocycles. The summed E-state index contributed by atoms with van der Waals surface area (Å²) in [5, 5.41) is 12.8. The molecule has 2 atom stereocenters. The van der Waals surface area contributed by atoms with E-state index < -0.39 is 59.1 Å². The van der Waals surface area contributed by atoms with Gasteiger partial charge in [-0.1, -0.05) is 24.3 Å². The summed E-state index contributed by atoms with van der Waals surface area (Å²) in [5.74, 6) is -4.57. The first-order valence-corrected chi connectivity index (χ1v) is 12.4. The number of nitrogens with zero attached hydrogens (tertiary/aromatic N) is 1. The van der Waals surface area contributed by atoms with Gasteiger partial charge in [0.15, 0.2) is 11.6 Å². The van der Waals surface area contributed by atoms with Crippen molar-refractivity contribution in [2.75, 3.05) is 17.6 Å². The van der Waals surface area contributed by atoms with E-state index >= 15 is 0 Å². The van der Waals surface area contributed by atoms with Gasteiger partial charge in [-0.3, -0.25) is 9.59 Å². The Morgan fingerprint density at radius 1 is 1.14 bits per heavy atom. The maximum absolute atomic E-state index is 14.6. The van der Waals surface area contributed by atoms with Crippen LogP contribution in [0.4, 0.5) is 19.3 Å². The van der Waals surface area contributed by atoms with Crippen molar-refractivity contribution < 1.29 is 37.8 Å². The SMILES string of the molecule is CC(C)(C)OC(=O)[C@@H]1CS[C@H](c2cccc(F)c2F)N1C(=O)CNC(=O)Nc1cccc(CC(=O)O)c1. The molecule has 1 aliphatic heterocycles. The van der Waals surface area contributed by atoms with Crippen LogP contribution >= 0.6 is 11.8 Å². The van der Waals surface area contributed by atoms with Gasteiger partial charge in [-0.2, -0.15) is 0 Å². The first-order valence-electron chi connectivity index (χ1n) is 11.3. The Labute approximate surface area is 216 Å². The molecule has 3 N–H and O–H groups in total. The van der Waals surface area contributed by atoms with E-state index in [2.05, 4.69) is 10.6 Å². The molecule has 1 fully saturated rings. The minimum atomic E-state index is -1.13. The summed E-state index contributed by atoms with van der Waals surface area (Å²) in [4.78, 5) is 50.5. The highest BCUT2D eigenvalue weighted by Gasteiger charge is 2.45. The van der Waals surface area contributed by atoms with Crippen LogP contribution in [0, 0.1) is 11.6 Å². The second kappa shape index (κ2) is 11.6. The largest absolute Gasteiger partial charge is 0.481 e. The number of thioether (sulfide) groups is 1. The number of nitrogens with one attached hydrogen (secondary N) is 2. The van der Waals surface area contributed by atoms with E-state index in [1.165, 1.54) is 18.2 Å². The van der Waals surface area contributed by atoms with Crippen LogP contribution in [-0.2, 0) is 25.5 Å². The number of ether oxygens (including phenoxy) is 1. The van der Waals surface area contributed by atoms with Gasteiger partial charge in [-0.05, 0) is 44.5 Å². The Morgan fingerprint density at radius 2 is 1.84 bits per heavy atom. The van der Waals surface area contributed by atoms with E-state index in [-0.39, 0.29) is 17.7 Å². The van der Waals surface area contributed by atoms with Crippen LogP contribution in [0.5, 0.6) is 0 Å². The molecular weight excluding hydrogens is 508 g/mol. The molecule has 1 aliphatic rings. The lowest BCUT2D eigenvalue weighted by molar-refractivity contribution is -0.163. The van der Waals surface area contributed by atoms with Gasteiger partial charge < -0.3 is 25.4 Å². The number of hydrogen-bond acceptors (Lipinski definition) is 6. The molecule has 0 aliphatic carbocycles. The number of amides is 3. The Kier molecular flexibility index (Phi) is 8.74. The molecule has 0 unspecified atom stereocenters. The molecule has 2 aromatic rings. The number of urea groups is 1. The molecule has 0 spiro atoms. The number of carbonyl (C=O) groups is 4. The summed E-state index contributed by atoms with van der Waals surface area (Å²) < 4.78 is 33.9. The van der Waals surface area contributed by atoms with Crippen molar-refractivity contribution in [3.8, 4) is 0 Å². The minimum absolute atomic E-state index is 0.0871. The van der Waals surface area contributed by atoms with Gasteiger partial charge in [0, 0.05) is 17.0 Å². The average Bonchev–Trinajstić information content (AvgIpc) is 3.23. The van der Waals surface area contributed by atoms with E-state index in [1.54, 1.807) is 39.0 Å². The van der Waals surface area contributed by atoms with Crippen LogP contribution in [0.15, 0.2) is 42.5 Å².